The van der Waals surface area contributed by atoms with Gasteiger partial charge in [-0.1, -0.05) is 47.2 Å². The minimum Gasteiger partial charge on any atom is -0.296 e. The molecule has 4 rings (SSSR count). The van der Waals surface area contributed by atoms with Crippen molar-refractivity contribution in [3.05, 3.63) is 89.2 Å². The third-order valence-corrected chi connectivity index (χ3v) is 6.83. The van der Waals surface area contributed by atoms with Crippen LogP contribution in [0.3, 0.4) is 0 Å². The van der Waals surface area contributed by atoms with E-state index in [9.17, 15) is 17.6 Å². The van der Waals surface area contributed by atoms with E-state index in [1.165, 1.54) is 36.4 Å². The molecule has 0 atom stereocenters. The topological polar surface area (TPSA) is 101 Å². The van der Waals surface area contributed by atoms with Gasteiger partial charge in [-0.25, -0.2) is 12.8 Å². The van der Waals surface area contributed by atoms with Gasteiger partial charge in [0.05, 0.1) is 9.92 Å². The number of hydrogen-bond acceptors (Lipinski definition) is 6. The monoisotopic (exact) mass is 488 g/mol. The smallest absolute Gasteiger partial charge is 0.261 e. The summed E-state index contributed by atoms with van der Waals surface area (Å²) >= 11 is 7.30. The van der Waals surface area contributed by atoms with Crippen molar-refractivity contribution in [2.75, 3.05) is 10.0 Å². The third kappa shape index (κ3) is 4.93. The van der Waals surface area contributed by atoms with Crippen LogP contribution in [0, 0.1) is 5.82 Å². The molecule has 11 heteroatoms. The number of amides is 1. The van der Waals surface area contributed by atoms with Gasteiger partial charge in [0.25, 0.3) is 15.9 Å². The highest BCUT2D eigenvalue weighted by Gasteiger charge is 2.18. The standard InChI is InChI=1S/C21H14ClFN4O3S2/c22-18-7-2-1-6-17(18)20-25-26-21(31-20)24-19(28)13-4-3-5-16(12-13)32(29,30)27-15-10-8-14(23)9-11-15/h1-12,27H,(H,24,26,28). The predicted molar refractivity (Wildman–Crippen MR) is 122 cm³/mol. The van der Waals surface area contributed by atoms with Crippen molar-refractivity contribution in [2.45, 2.75) is 4.90 Å². The Morgan fingerprint density at radius 2 is 1.72 bits per heavy atom. The van der Waals surface area contributed by atoms with Crippen molar-refractivity contribution < 1.29 is 17.6 Å². The quantitative estimate of drug-likeness (QED) is 0.395. The zero-order valence-electron chi connectivity index (χ0n) is 16.1. The Kier molecular flexibility index (Phi) is 6.17. The van der Waals surface area contributed by atoms with Crippen molar-refractivity contribution in [2.24, 2.45) is 0 Å². The van der Waals surface area contributed by atoms with Crippen LogP contribution in [-0.4, -0.2) is 24.5 Å². The number of aromatic nitrogens is 2. The number of halogens is 2. The lowest BCUT2D eigenvalue weighted by atomic mass is 10.2. The van der Waals surface area contributed by atoms with E-state index in [0.29, 0.717) is 15.6 Å². The van der Waals surface area contributed by atoms with Crippen LogP contribution in [0.4, 0.5) is 15.2 Å². The Bertz CT molecular complexity index is 1390. The number of hydrogen-bond donors (Lipinski definition) is 2. The van der Waals surface area contributed by atoms with Gasteiger partial charge in [0.1, 0.15) is 5.82 Å². The molecule has 0 radical (unpaired) electrons. The number of anilines is 2. The van der Waals surface area contributed by atoms with Gasteiger partial charge in [-0.15, -0.1) is 10.2 Å². The number of benzene rings is 3. The molecule has 0 aliphatic rings. The van der Waals surface area contributed by atoms with Crippen LogP contribution < -0.4 is 10.0 Å². The van der Waals surface area contributed by atoms with Crippen LogP contribution in [0.15, 0.2) is 77.7 Å². The number of rotatable bonds is 6. The molecule has 162 valence electrons. The summed E-state index contributed by atoms with van der Waals surface area (Å²) in [5.74, 6) is -1.04. The lowest BCUT2D eigenvalue weighted by Gasteiger charge is -2.09. The van der Waals surface area contributed by atoms with E-state index in [2.05, 4.69) is 20.2 Å². The van der Waals surface area contributed by atoms with E-state index in [-0.39, 0.29) is 21.3 Å². The maximum atomic E-state index is 13.0. The number of sulfonamides is 1. The molecule has 0 fully saturated rings. The Labute approximate surface area is 192 Å². The molecule has 0 unspecified atom stereocenters. The molecule has 1 aromatic heterocycles. The van der Waals surface area contributed by atoms with E-state index in [1.807, 2.05) is 6.07 Å². The van der Waals surface area contributed by atoms with Gasteiger partial charge >= 0.3 is 0 Å². The molecule has 0 aliphatic heterocycles. The zero-order chi connectivity index (χ0) is 22.7. The van der Waals surface area contributed by atoms with Gasteiger partial charge < -0.3 is 0 Å². The summed E-state index contributed by atoms with van der Waals surface area (Å²) in [6.45, 7) is 0. The first kappa shape index (κ1) is 21.9. The fourth-order valence-electron chi connectivity index (χ4n) is 2.72. The highest BCUT2D eigenvalue weighted by Crippen LogP contribution is 2.31. The third-order valence-electron chi connectivity index (χ3n) is 4.25. The van der Waals surface area contributed by atoms with Crippen LogP contribution in [0.2, 0.25) is 5.02 Å². The van der Waals surface area contributed by atoms with Crippen LogP contribution in [0.5, 0.6) is 0 Å². The van der Waals surface area contributed by atoms with Crippen molar-refractivity contribution in [1.82, 2.24) is 10.2 Å². The summed E-state index contributed by atoms with van der Waals surface area (Å²) in [5, 5.41) is 11.9. The Balaban J connectivity index is 1.51. The van der Waals surface area contributed by atoms with Gasteiger partial charge in [0.15, 0.2) is 5.01 Å². The molecule has 0 saturated heterocycles. The molecule has 0 aliphatic carbocycles. The van der Waals surface area contributed by atoms with Gasteiger partial charge in [0.2, 0.25) is 5.13 Å². The molecule has 1 amide bonds. The van der Waals surface area contributed by atoms with Gasteiger partial charge in [-0.05, 0) is 48.5 Å². The average Bonchev–Trinajstić information content (AvgIpc) is 3.24. The minimum atomic E-state index is -3.98. The second-order valence-corrected chi connectivity index (χ2v) is 9.55. The van der Waals surface area contributed by atoms with Gasteiger partial charge in [-0.3, -0.25) is 14.8 Å². The number of nitrogens with zero attached hydrogens (tertiary/aromatic N) is 2. The van der Waals surface area contributed by atoms with Crippen LogP contribution in [0.25, 0.3) is 10.6 Å². The highest BCUT2D eigenvalue weighted by molar-refractivity contribution is 7.92. The van der Waals surface area contributed by atoms with E-state index < -0.39 is 21.7 Å². The highest BCUT2D eigenvalue weighted by atomic mass is 35.5. The first-order valence-corrected chi connectivity index (χ1v) is 11.8. The molecular weight excluding hydrogens is 475 g/mol. The maximum Gasteiger partial charge on any atom is 0.261 e. The molecule has 0 spiro atoms. The van der Waals surface area contributed by atoms with Crippen molar-refractivity contribution in [3.8, 4) is 10.6 Å². The van der Waals surface area contributed by atoms with E-state index in [0.717, 1.165) is 23.5 Å². The number of nitrogens with one attached hydrogen (secondary N) is 2. The van der Waals surface area contributed by atoms with Crippen molar-refractivity contribution in [3.63, 3.8) is 0 Å². The Morgan fingerprint density at radius 1 is 0.969 bits per heavy atom. The second kappa shape index (κ2) is 9.03. The number of carbonyl (C=O) groups excluding carboxylic acids is 1. The predicted octanol–water partition coefficient (Wildman–Crippen LogP) is 5.05. The fraction of sp³-hybridized carbons (Fsp3) is 0. The first-order chi connectivity index (χ1) is 15.3. The van der Waals surface area contributed by atoms with E-state index >= 15 is 0 Å². The Hall–Kier alpha value is -3.34. The fourth-order valence-corrected chi connectivity index (χ4v) is 4.89. The van der Waals surface area contributed by atoms with Crippen LogP contribution in [0.1, 0.15) is 10.4 Å². The van der Waals surface area contributed by atoms with Crippen molar-refractivity contribution >= 4 is 49.7 Å². The summed E-state index contributed by atoms with van der Waals surface area (Å²) in [7, 11) is -3.98. The normalized spacial score (nSPS) is 11.2. The molecule has 4 aromatic rings. The van der Waals surface area contributed by atoms with E-state index in [1.54, 1.807) is 18.2 Å². The number of carbonyl (C=O) groups is 1. The molecule has 7 nitrogen and oxygen atoms in total. The lowest BCUT2D eigenvalue weighted by Crippen LogP contribution is -2.16. The summed E-state index contributed by atoms with van der Waals surface area (Å²) in [6.07, 6.45) is 0. The summed E-state index contributed by atoms with van der Waals surface area (Å²) in [4.78, 5) is 12.5. The zero-order valence-corrected chi connectivity index (χ0v) is 18.5. The first-order valence-electron chi connectivity index (χ1n) is 9.10. The summed E-state index contributed by atoms with van der Waals surface area (Å²) in [5.41, 5.74) is 0.996. The molecule has 0 bridgehead atoms. The van der Waals surface area contributed by atoms with Crippen LogP contribution in [-0.2, 0) is 10.0 Å². The average molecular weight is 489 g/mol. The van der Waals surface area contributed by atoms with Gasteiger partial charge in [0, 0.05) is 16.8 Å². The SMILES string of the molecule is O=C(Nc1nnc(-c2ccccc2Cl)s1)c1cccc(S(=O)(=O)Nc2ccc(F)cc2)c1. The maximum absolute atomic E-state index is 13.0. The molecule has 1 heterocycles. The largest absolute Gasteiger partial charge is 0.296 e. The Morgan fingerprint density at radius 3 is 2.47 bits per heavy atom. The van der Waals surface area contributed by atoms with E-state index in [4.69, 9.17) is 11.6 Å². The summed E-state index contributed by atoms with van der Waals surface area (Å²) < 4.78 is 40.7. The van der Waals surface area contributed by atoms with Crippen molar-refractivity contribution in [1.29, 1.82) is 0 Å². The molecule has 32 heavy (non-hydrogen) atoms. The second-order valence-electron chi connectivity index (χ2n) is 6.49. The molecule has 2 N–H and O–H groups in total. The molecular formula is C21H14ClFN4O3S2. The molecule has 3 aromatic carbocycles. The summed E-state index contributed by atoms with van der Waals surface area (Å²) in [6, 6.07) is 17.5. The van der Waals surface area contributed by atoms with Gasteiger partial charge in [-0.2, -0.15) is 0 Å². The lowest BCUT2D eigenvalue weighted by molar-refractivity contribution is 0.102. The minimum absolute atomic E-state index is 0.112. The van der Waals surface area contributed by atoms with Crippen LogP contribution >= 0.6 is 22.9 Å². The molecule has 0 saturated carbocycles.